The van der Waals surface area contributed by atoms with Crippen LogP contribution >= 0.6 is 11.6 Å². The first-order valence-electron chi connectivity index (χ1n) is 12.3. The van der Waals surface area contributed by atoms with E-state index in [0.29, 0.717) is 23.2 Å². The van der Waals surface area contributed by atoms with E-state index < -0.39 is 23.3 Å². The van der Waals surface area contributed by atoms with Gasteiger partial charge >= 0.3 is 12.1 Å². The van der Waals surface area contributed by atoms with Crippen molar-refractivity contribution < 1.29 is 27.1 Å². The number of carbonyl (C=O) groups excluding carboxylic acids is 1. The molecule has 4 aromatic rings. The van der Waals surface area contributed by atoms with Gasteiger partial charge in [0.15, 0.2) is 11.5 Å². The lowest BCUT2D eigenvalue weighted by atomic mass is 10.0. The molecule has 2 heterocycles. The van der Waals surface area contributed by atoms with Crippen molar-refractivity contribution in [3.63, 3.8) is 0 Å². The van der Waals surface area contributed by atoms with Crippen LogP contribution in [0.3, 0.4) is 0 Å². The molecular weight excluding hydrogens is 550 g/mol. The van der Waals surface area contributed by atoms with Crippen molar-refractivity contribution in [2.24, 2.45) is 5.92 Å². The Morgan fingerprint density at radius 1 is 1.12 bits per heavy atom. The Balaban J connectivity index is 1.50. The summed E-state index contributed by atoms with van der Waals surface area (Å²) < 4.78 is 60.1. The second kappa shape index (κ2) is 10.2. The van der Waals surface area contributed by atoms with Crippen molar-refractivity contribution in [3.8, 4) is 16.9 Å². The van der Waals surface area contributed by atoms with Crippen LogP contribution in [0.2, 0.25) is 5.02 Å². The maximum Gasteiger partial charge on any atom is 0.435 e. The maximum atomic E-state index is 13.6. The van der Waals surface area contributed by atoms with Gasteiger partial charge in [-0.3, -0.25) is 4.79 Å². The van der Waals surface area contributed by atoms with E-state index in [1.54, 1.807) is 12.1 Å². The Morgan fingerprint density at radius 2 is 1.90 bits per heavy atom. The number of hydrogen-bond acceptors (Lipinski definition) is 6. The highest BCUT2D eigenvalue weighted by atomic mass is 35.5. The summed E-state index contributed by atoms with van der Waals surface area (Å²) in [7, 11) is 0. The average Bonchev–Trinajstić information content (AvgIpc) is 3.52. The number of esters is 1. The Hall–Kier alpha value is -3.99. The number of alkyl halides is 3. The Kier molecular flexibility index (Phi) is 7.03. The number of anilines is 2. The lowest BCUT2D eigenvalue weighted by Crippen LogP contribution is -2.25. The molecule has 1 aliphatic rings. The highest BCUT2D eigenvalue weighted by Gasteiger charge is 2.46. The summed E-state index contributed by atoms with van der Waals surface area (Å²) >= 11 is 5.86. The summed E-state index contributed by atoms with van der Waals surface area (Å²) in [6.45, 7) is 5.44. The molecule has 2 unspecified atom stereocenters. The molecule has 2 aromatic carbocycles. The second-order valence-corrected chi connectivity index (χ2v) is 10.8. The van der Waals surface area contributed by atoms with E-state index in [-0.39, 0.29) is 34.6 Å². The summed E-state index contributed by atoms with van der Waals surface area (Å²) in [5.74, 6) is -1.05. The zero-order valence-electron chi connectivity index (χ0n) is 21.6. The molecule has 40 heavy (non-hydrogen) atoms. The fourth-order valence-electron chi connectivity index (χ4n) is 4.25. The van der Waals surface area contributed by atoms with Gasteiger partial charge in [0.1, 0.15) is 11.4 Å². The monoisotopic (exact) mass is 573 g/mol. The Morgan fingerprint density at radius 3 is 2.58 bits per heavy atom. The van der Waals surface area contributed by atoms with Crippen LogP contribution in [0.1, 0.15) is 44.4 Å². The van der Waals surface area contributed by atoms with Crippen LogP contribution < -0.4 is 5.32 Å². The number of aromatic nitrogens is 4. The predicted molar refractivity (Wildman–Crippen MR) is 141 cm³/mol. The molecule has 5 rings (SSSR count). The van der Waals surface area contributed by atoms with Crippen molar-refractivity contribution in [2.75, 3.05) is 5.32 Å². The van der Waals surface area contributed by atoms with E-state index in [1.807, 2.05) is 32.9 Å². The minimum Gasteiger partial charge on any atom is -0.460 e. The zero-order chi connectivity index (χ0) is 28.8. The lowest BCUT2D eigenvalue weighted by molar-refractivity contribution is -0.156. The SMILES string of the molecule is CC(C)(C)OC(=O)C1CC1c1cccc(-c2cnc(Nc3ccc(F)c(Cl)c3)nc2-n2ccc(C(F)(F)F)n2)c1. The molecule has 0 amide bonds. The summed E-state index contributed by atoms with van der Waals surface area (Å²) in [5, 5.41) is 6.46. The Labute approximate surface area is 232 Å². The van der Waals surface area contributed by atoms with Crippen molar-refractivity contribution in [3.05, 3.63) is 83.0 Å². The van der Waals surface area contributed by atoms with Gasteiger partial charge in [0.25, 0.3) is 0 Å². The van der Waals surface area contributed by atoms with Crippen LogP contribution in [0.25, 0.3) is 16.9 Å². The first-order chi connectivity index (χ1) is 18.8. The number of halogens is 5. The molecule has 0 radical (unpaired) electrons. The first kappa shape index (κ1) is 27.6. The third-order valence-electron chi connectivity index (χ3n) is 6.17. The lowest BCUT2D eigenvalue weighted by Gasteiger charge is -2.19. The van der Waals surface area contributed by atoms with Crippen LogP contribution in [0, 0.1) is 11.7 Å². The van der Waals surface area contributed by atoms with E-state index in [1.165, 1.54) is 18.3 Å². The van der Waals surface area contributed by atoms with E-state index in [9.17, 15) is 22.4 Å². The van der Waals surface area contributed by atoms with Gasteiger partial charge in [-0.25, -0.2) is 14.1 Å². The fraction of sp³-hybridized carbons (Fsp3) is 0.286. The van der Waals surface area contributed by atoms with Crippen LogP contribution in [0.4, 0.5) is 29.2 Å². The normalized spacial score (nSPS) is 17.0. The molecule has 2 atom stereocenters. The van der Waals surface area contributed by atoms with Gasteiger partial charge in [-0.05, 0) is 68.5 Å². The summed E-state index contributed by atoms with van der Waals surface area (Å²) in [6.07, 6.45) is -1.38. The van der Waals surface area contributed by atoms with Crippen molar-refractivity contribution in [1.29, 1.82) is 0 Å². The predicted octanol–water partition coefficient (Wildman–Crippen LogP) is 7.33. The van der Waals surface area contributed by atoms with Gasteiger partial charge in [0, 0.05) is 23.6 Å². The van der Waals surface area contributed by atoms with Crippen molar-refractivity contribution in [2.45, 2.75) is 44.9 Å². The standard InChI is InChI=1S/C28H24ClF4N5O2/c1-27(2,3)40-25(39)19-13-18(19)15-5-4-6-16(11-15)20-14-34-26(35-17-7-8-22(30)21(29)12-17)36-24(20)38-10-9-23(37-38)28(31,32)33/h4-12,14,18-19H,13H2,1-3H3,(H,34,35,36). The third-order valence-corrected chi connectivity index (χ3v) is 6.46. The number of hydrogen-bond donors (Lipinski definition) is 1. The zero-order valence-corrected chi connectivity index (χ0v) is 22.4. The van der Waals surface area contributed by atoms with Gasteiger partial charge in [-0.2, -0.15) is 23.3 Å². The van der Waals surface area contributed by atoms with Crippen LogP contribution in [-0.2, 0) is 15.7 Å². The van der Waals surface area contributed by atoms with Crippen LogP contribution in [0.5, 0.6) is 0 Å². The quantitative estimate of drug-likeness (QED) is 0.192. The minimum absolute atomic E-state index is 0.0359. The molecule has 1 N–H and O–H groups in total. The molecule has 0 aliphatic heterocycles. The van der Waals surface area contributed by atoms with Crippen molar-refractivity contribution >= 4 is 29.2 Å². The summed E-state index contributed by atoms with van der Waals surface area (Å²) in [6, 6.07) is 12.1. The van der Waals surface area contributed by atoms with Gasteiger partial charge in [-0.15, -0.1) is 0 Å². The largest absolute Gasteiger partial charge is 0.460 e. The molecular formula is C28H24ClF4N5O2. The molecule has 2 aromatic heterocycles. The molecule has 12 heteroatoms. The van der Waals surface area contributed by atoms with E-state index in [4.69, 9.17) is 16.3 Å². The first-order valence-corrected chi connectivity index (χ1v) is 12.7. The summed E-state index contributed by atoms with van der Waals surface area (Å²) in [5.41, 5.74) is 0.638. The molecule has 1 fully saturated rings. The minimum atomic E-state index is -4.65. The smallest absolute Gasteiger partial charge is 0.435 e. The molecule has 208 valence electrons. The number of rotatable bonds is 6. The molecule has 0 bridgehead atoms. The second-order valence-electron chi connectivity index (χ2n) is 10.4. The van der Waals surface area contributed by atoms with Crippen molar-refractivity contribution in [1.82, 2.24) is 19.7 Å². The highest BCUT2D eigenvalue weighted by molar-refractivity contribution is 6.31. The third kappa shape index (κ3) is 6.09. The molecule has 0 spiro atoms. The van der Waals surface area contributed by atoms with Crippen LogP contribution in [-0.4, -0.2) is 31.3 Å². The van der Waals surface area contributed by atoms with Gasteiger partial charge < -0.3 is 10.1 Å². The van der Waals surface area contributed by atoms with E-state index >= 15 is 0 Å². The molecule has 7 nitrogen and oxygen atoms in total. The topological polar surface area (TPSA) is 81.9 Å². The van der Waals surface area contributed by atoms with Gasteiger partial charge in [0.2, 0.25) is 5.95 Å². The van der Waals surface area contributed by atoms with Crippen LogP contribution in [0.15, 0.2) is 60.9 Å². The maximum absolute atomic E-state index is 13.6. The number of carbonyl (C=O) groups is 1. The van der Waals surface area contributed by atoms with Gasteiger partial charge in [-0.1, -0.05) is 35.9 Å². The summed E-state index contributed by atoms with van der Waals surface area (Å²) in [4.78, 5) is 21.3. The fourth-order valence-corrected chi connectivity index (χ4v) is 4.43. The Bertz CT molecular complexity index is 1580. The number of nitrogens with one attached hydrogen (secondary N) is 1. The van der Waals surface area contributed by atoms with Gasteiger partial charge in [0.05, 0.1) is 10.9 Å². The van der Waals surface area contributed by atoms with E-state index in [2.05, 4.69) is 20.4 Å². The number of benzene rings is 2. The van der Waals surface area contributed by atoms with E-state index in [0.717, 1.165) is 28.6 Å². The molecule has 0 saturated heterocycles. The number of ether oxygens (including phenoxy) is 1. The molecule has 1 saturated carbocycles. The number of nitrogens with zero attached hydrogens (tertiary/aromatic N) is 4. The average molecular weight is 574 g/mol. The highest BCUT2D eigenvalue weighted by Crippen LogP contribution is 2.49. The molecule has 1 aliphatic carbocycles.